The summed E-state index contributed by atoms with van der Waals surface area (Å²) in [7, 11) is 1.36. The molecular formula is C29H24Cl2N2O6S. The molecule has 4 amide bonds. The second kappa shape index (κ2) is 8.68. The number of nitrogens with zero attached hydrogens (tertiary/aromatic N) is 2. The predicted octanol–water partition coefficient (Wildman–Crippen LogP) is 3.99. The average molecular weight is 599 g/mol. The molecule has 3 aliphatic heterocycles. The summed E-state index contributed by atoms with van der Waals surface area (Å²) in [6.45, 7) is 0.193. The monoisotopic (exact) mass is 598 g/mol. The van der Waals surface area contributed by atoms with Gasteiger partial charge in [0.15, 0.2) is 9.75 Å². The third-order valence-corrected chi connectivity index (χ3v) is 11.4. The Labute approximate surface area is 243 Å². The van der Waals surface area contributed by atoms with Gasteiger partial charge >= 0.3 is 0 Å². The molecule has 6 atom stereocenters. The van der Waals surface area contributed by atoms with Crippen LogP contribution in [0.2, 0.25) is 0 Å². The van der Waals surface area contributed by atoms with Crippen molar-refractivity contribution in [3.05, 3.63) is 69.6 Å². The van der Waals surface area contributed by atoms with Crippen LogP contribution < -0.4 is 4.74 Å². The summed E-state index contributed by atoms with van der Waals surface area (Å²) in [5.41, 5.74) is 2.02. The summed E-state index contributed by atoms with van der Waals surface area (Å²) in [4.78, 5) is 54.1. The Hall–Kier alpha value is -3.14. The number of imide groups is 2. The molecule has 206 valence electrons. The van der Waals surface area contributed by atoms with E-state index < -0.39 is 45.2 Å². The molecule has 8 nitrogen and oxygen atoms in total. The van der Waals surface area contributed by atoms with E-state index in [4.69, 9.17) is 27.9 Å². The highest BCUT2D eigenvalue weighted by molar-refractivity contribution is 7.09. The maximum absolute atomic E-state index is 13.9. The Bertz CT molecular complexity index is 1570. The lowest BCUT2D eigenvalue weighted by molar-refractivity contribution is -0.141. The molecule has 3 fully saturated rings. The van der Waals surface area contributed by atoms with Crippen LogP contribution in [0.1, 0.15) is 23.3 Å². The first kappa shape index (κ1) is 25.8. The lowest BCUT2D eigenvalue weighted by atomic mass is 9.56. The summed E-state index contributed by atoms with van der Waals surface area (Å²) in [6, 6.07) is 8.50. The topological polar surface area (TPSA) is 104 Å². The number of carbonyl (C=O) groups excluding carboxylic acids is 4. The molecular weight excluding hydrogens is 575 g/mol. The van der Waals surface area contributed by atoms with Crippen LogP contribution >= 0.6 is 34.5 Å². The standard InChI is InChI=1S/C29H24Cl2N2O6S/c1-32-26(37)28(30)11-20-18(5-6-19-22(20)25(36)33(24(19)35)12-17-3-2-8-40-17)23(29(28,31)27(32)38)15-9-14-10-16(34)4-7-21(14)39-13-15/h2-5,7-8,10,13,19-20,22-23,34H,6,9,11-12H2,1H3. The summed E-state index contributed by atoms with van der Waals surface area (Å²) in [5, 5.41) is 12.0. The van der Waals surface area contributed by atoms with Crippen LogP contribution in [0, 0.1) is 23.7 Å². The number of allylic oxidation sites excluding steroid dienone is 3. The van der Waals surface area contributed by atoms with Gasteiger partial charge in [-0.2, -0.15) is 0 Å². The van der Waals surface area contributed by atoms with E-state index in [0.717, 1.165) is 15.4 Å². The van der Waals surface area contributed by atoms with Gasteiger partial charge in [-0.15, -0.1) is 34.5 Å². The molecule has 11 heteroatoms. The first-order chi connectivity index (χ1) is 19.1. The second-order valence-electron chi connectivity index (χ2n) is 11.1. The molecule has 2 aliphatic carbocycles. The van der Waals surface area contributed by atoms with E-state index in [-0.39, 0.29) is 37.0 Å². The maximum Gasteiger partial charge on any atom is 0.253 e. The number of carbonyl (C=O) groups is 4. The summed E-state index contributed by atoms with van der Waals surface area (Å²) < 4.78 is 5.90. The van der Waals surface area contributed by atoms with Crippen molar-refractivity contribution >= 4 is 58.2 Å². The van der Waals surface area contributed by atoms with E-state index in [2.05, 4.69) is 0 Å². The van der Waals surface area contributed by atoms with Gasteiger partial charge in [-0.05, 0) is 54.0 Å². The minimum Gasteiger partial charge on any atom is -0.508 e. The molecule has 0 spiro atoms. The molecule has 4 heterocycles. The highest BCUT2D eigenvalue weighted by atomic mass is 35.5. The van der Waals surface area contributed by atoms with Crippen LogP contribution in [0.15, 0.2) is 59.2 Å². The normalized spacial score (nSPS) is 34.6. The van der Waals surface area contributed by atoms with E-state index >= 15 is 0 Å². The molecule has 2 saturated heterocycles. The van der Waals surface area contributed by atoms with Crippen LogP contribution in [-0.2, 0) is 32.1 Å². The number of ether oxygens (including phenoxy) is 1. The number of alkyl halides is 2. The molecule has 1 N–H and O–H groups in total. The highest BCUT2D eigenvalue weighted by Gasteiger charge is 2.76. The highest BCUT2D eigenvalue weighted by Crippen LogP contribution is 2.64. The number of hydrogen-bond acceptors (Lipinski definition) is 7. The molecule has 6 unspecified atom stereocenters. The zero-order valence-electron chi connectivity index (χ0n) is 21.3. The van der Waals surface area contributed by atoms with Gasteiger partial charge in [-0.3, -0.25) is 29.0 Å². The number of amides is 4. The molecule has 0 radical (unpaired) electrons. The van der Waals surface area contributed by atoms with Crippen LogP contribution in [0.4, 0.5) is 0 Å². The van der Waals surface area contributed by atoms with E-state index in [1.165, 1.54) is 35.6 Å². The third-order valence-electron chi connectivity index (χ3n) is 9.15. The first-order valence-electron chi connectivity index (χ1n) is 13.0. The van der Waals surface area contributed by atoms with E-state index in [9.17, 15) is 24.3 Å². The van der Waals surface area contributed by atoms with Crippen molar-refractivity contribution in [3.8, 4) is 11.5 Å². The number of likely N-dealkylation sites (tertiary alicyclic amines) is 2. The molecule has 1 aromatic heterocycles. The van der Waals surface area contributed by atoms with Crippen molar-refractivity contribution in [1.82, 2.24) is 9.80 Å². The Morgan fingerprint density at radius 1 is 1.10 bits per heavy atom. The maximum atomic E-state index is 13.9. The minimum atomic E-state index is -1.86. The smallest absolute Gasteiger partial charge is 0.253 e. The average Bonchev–Trinajstić information content (AvgIpc) is 3.57. The summed E-state index contributed by atoms with van der Waals surface area (Å²) in [5.74, 6) is -3.90. The van der Waals surface area contributed by atoms with E-state index in [1.54, 1.807) is 12.1 Å². The number of halogens is 2. The van der Waals surface area contributed by atoms with Crippen LogP contribution in [-0.4, -0.2) is 55.3 Å². The molecule has 7 rings (SSSR count). The molecule has 1 saturated carbocycles. The number of hydrogen-bond donors (Lipinski definition) is 1. The molecule has 2 aromatic rings. The van der Waals surface area contributed by atoms with E-state index in [0.29, 0.717) is 23.3 Å². The second-order valence-corrected chi connectivity index (χ2v) is 13.4. The van der Waals surface area contributed by atoms with Gasteiger partial charge in [0.25, 0.3) is 11.8 Å². The van der Waals surface area contributed by atoms with Gasteiger partial charge in [0.2, 0.25) is 11.8 Å². The number of fused-ring (bicyclic) bond motifs is 5. The Balaban J connectivity index is 1.34. The van der Waals surface area contributed by atoms with Gasteiger partial charge in [-0.1, -0.05) is 17.7 Å². The van der Waals surface area contributed by atoms with Crippen molar-refractivity contribution in [1.29, 1.82) is 0 Å². The van der Waals surface area contributed by atoms with Crippen molar-refractivity contribution in [2.24, 2.45) is 23.7 Å². The number of thiophene rings is 1. The van der Waals surface area contributed by atoms with Crippen molar-refractivity contribution in [3.63, 3.8) is 0 Å². The van der Waals surface area contributed by atoms with E-state index in [1.807, 2.05) is 23.6 Å². The van der Waals surface area contributed by atoms with Gasteiger partial charge in [0.1, 0.15) is 11.5 Å². The third kappa shape index (κ3) is 3.25. The number of phenols is 1. The Morgan fingerprint density at radius 3 is 2.65 bits per heavy atom. The largest absolute Gasteiger partial charge is 0.508 e. The predicted molar refractivity (Wildman–Crippen MR) is 147 cm³/mol. The summed E-state index contributed by atoms with van der Waals surface area (Å²) in [6.07, 6.45) is 3.99. The number of phenolic OH excluding ortho intramolecular Hbond substituents is 1. The summed E-state index contributed by atoms with van der Waals surface area (Å²) >= 11 is 15.9. The van der Waals surface area contributed by atoms with Crippen LogP contribution in [0.5, 0.6) is 11.5 Å². The molecule has 40 heavy (non-hydrogen) atoms. The Morgan fingerprint density at radius 2 is 1.90 bits per heavy atom. The van der Waals surface area contributed by atoms with Crippen molar-refractivity contribution in [2.45, 2.75) is 35.6 Å². The first-order valence-corrected chi connectivity index (χ1v) is 14.6. The van der Waals surface area contributed by atoms with Crippen LogP contribution in [0.3, 0.4) is 0 Å². The minimum absolute atomic E-state index is 0.0478. The van der Waals surface area contributed by atoms with Gasteiger partial charge in [-0.25, -0.2) is 0 Å². The lowest BCUT2D eigenvalue weighted by Gasteiger charge is -2.51. The fourth-order valence-corrected chi connectivity index (χ4v) is 9.06. The number of rotatable bonds is 3. The van der Waals surface area contributed by atoms with Crippen LogP contribution in [0.25, 0.3) is 0 Å². The molecule has 5 aliphatic rings. The van der Waals surface area contributed by atoms with Gasteiger partial charge in [0.05, 0.1) is 24.6 Å². The quantitative estimate of drug-likeness (QED) is 0.325. The number of benzene rings is 1. The number of aromatic hydroxyl groups is 1. The SMILES string of the molecule is CN1C(=O)C2(Cl)CC3C(=CCC4C(=O)N(Cc5cccs5)C(=O)C43)C(C3=COc4ccc(O)cc4C3)C2(Cl)C1=O. The lowest BCUT2D eigenvalue weighted by Crippen LogP contribution is -2.61. The molecule has 0 bridgehead atoms. The Kier molecular flexibility index (Phi) is 5.60. The fraction of sp³-hybridized carbons (Fsp3) is 0.379. The zero-order chi connectivity index (χ0) is 28.1. The van der Waals surface area contributed by atoms with Crippen molar-refractivity contribution in [2.75, 3.05) is 7.05 Å². The fourth-order valence-electron chi connectivity index (χ4n) is 7.33. The van der Waals surface area contributed by atoms with Crippen molar-refractivity contribution < 1.29 is 29.0 Å². The zero-order valence-corrected chi connectivity index (χ0v) is 23.6. The molecule has 1 aromatic carbocycles. The van der Waals surface area contributed by atoms with Gasteiger partial charge in [0, 0.05) is 29.8 Å². The van der Waals surface area contributed by atoms with Gasteiger partial charge < -0.3 is 9.84 Å².